The number of piperidine rings is 1. The molecular weight excluding hydrogens is 334 g/mol. The fraction of sp³-hybridized carbons (Fsp3) is 0.696. The molecule has 2 aliphatic heterocycles. The van der Waals surface area contributed by atoms with Gasteiger partial charge in [0, 0.05) is 12.1 Å². The van der Waals surface area contributed by atoms with Gasteiger partial charge in [-0.2, -0.15) is 0 Å². The average molecular weight is 370 g/mol. The van der Waals surface area contributed by atoms with E-state index in [1.807, 2.05) is 0 Å². The molecule has 2 saturated heterocycles. The average Bonchev–Trinajstić information content (AvgIpc) is 3.31. The topological polar surface area (TPSA) is 35.6 Å². The lowest BCUT2D eigenvalue weighted by atomic mass is 9.76. The van der Waals surface area contributed by atoms with Crippen LogP contribution in [0, 0.1) is 5.41 Å². The van der Waals surface area contributed by atoms with E-state index in [-0.39, 0.29) is 17.5 Å². The highest BCUT2D eigenvalue weighted by molar-refractivity contribution is 5.83. The lowest BCUT2D eigenvalue weighted by Gasteiger charge is -2.37. The Labute approximate surface area is 164 Å². The number of benzene rings is 1. The van der Waals surface area contributed by atoms with Gasteiger partial charge in [0.25, 0.3) is 0 Å². The molecule has 3 aliphatic rings. The summed E-state index contributed by atoms with van der Waals surface area (Å²) in [7, 11) is 2.22. The van der Waals surface area contributed by atoms with Gasteiger partial charge in [-0.05, 0) is 82.6 Å². The maximum atomic E-state index is 13.3. The van der Waals surface area contributed by atoms with Crippen molar-refractivity contribution in [2.24, 2.45) is 5.41 Å². The number of carbonyl (C=O) groups is 1. The highest BCUT2D eigenvalue weighted by Gasteiger charge is 2.50. The van der Waals surface area contributed by atoms with Crippen LogP contribution in [0.4, 0.5) is 0 Å². The molecule has 148 valence electrons. The van der Waals surface area contributed by atoms with E-state index in [0.717, 1.165) is 45.2 Å². The van der Waals surface area contributed by atoms with Gasteiger partial charge in [-0.1, -0.05) is 37.3 Å². The minimum absolute atomic E-state index is 0.0128. The van der Waals surface area contributed by atoms with Crippen LogP contribution in [0.2, 0.25) is 0 Å². The van der Waals surface area contributed by atoms with Crippen molar-refractivity contribution >= 4 is 5.91 Å². The number of amides is 1. The first kappa shape index (κ1) is 18.9. The SMILES string of the molecule is CCCN1CC2(CCN(C)CC2)CC1C(=O)NC1(Cc2ccccc2)CC1. The Morgan fingerprint density at radius 3 is 2.48 bits per heavy atom. The Morgan fingerprint density at radius 2 is 1.85 bits per heavy atom. The monoisotopic (exact) mass is 369 g/mol. The zero-order valence-electron chi connectivity index (χ0n) is 17.0. The van der Waals surface area contributed by atoms with E-state index >= 15 is 0 Å². The lowest BCUT2D eigenvalue weighted by molar-refractivity contribution is -0.126. The zero-order chi connectivity index (χ0) is 18.9. The molecule has 1 amide bonds. The molecule has 1 unspecified atom stereocenters. The second-order valence-electron chi connectivity index (χ2n) is 9.43. The first-order valence-corrected chi connectivity index (χ1v) is 10.8. The number of hydrogen-bond donors (Lipinski definition) is 1. The van der Waals surface area contributed by atoms with Crippen LogP contribution in [0.1, 0.15) is 51.0 Å². The van der Waals surface area contributed by atoms with E-state index in [1.165, 1.54) is 31.5 Å². The van der Waals surface area contributed by atoms with E-state index < -0.39 is 0 Å². The molecule has 27 heavy (non-hydrogen) atoms. The van der Waals surface area contributed by atoms with E-state index in [4.69, 9.17) is 0 Å². The summed E-state index contributed by atoms with van der Waals surface area (Å²) in [4.78, 5) is 18.2. The third-order valence-corrected chi connectivity index (χ3v) is 7.09. The molecular formula is C23H35N3O. The standard InChI is InChI=1S/C23H35N3O/c1-3-13-26-18-22(11-14-25(2)15-12-22)17-20(26)21(27)24-23(9-10-23)16-19-7-5-4-6-8-19/h4-8,20H,3,9-18H2,1-2H3,(H,24,27). The van der Waals surface area contributed by atoms with Crippen LogP contribution in [-0.2, 0) is 11.2 Å². The van der Waals surface area contributed by atoms with Gasteiger partial charge in [0.1, 0.15) is 0 Å². The minimum atomic E-state index is 0.0128. The van der Waals surface area contributed by atoms with E-state index in [9.17, 15) is 4.79 Å². The number of hydrogen-bond acceptors (Lipinski definition) is 3. The molecule has 0 aromatic heterocycles. The molecule has 3 fully saturated rings. The van der Waals surface area contributed by atoms with Crippen molar-refractivity contribution in [1.82, 2.24) is 15.1 Å². The summed E-state index contributed by atoms with van der Waals surface area (Å²) in [5.74, 6) is 0.285. The molecule has 1 aliphatic carbocycles. The molecule has 2 heterocycles. The summed E-state index contributed by atoms with van der Waals surface area (Å²) in [6, 6.07) is 10.7. The van der Waals surface area contributed by atoms with E-state index in [0.29, 0.717) is 5.41 Å². The van der Waals surface area contributed by atoms with Crippen molar-refractivity contribution < 1.29 is 4.79 Å². The Balaban J connectivity index is 1.42. The van der Waals surface area contributed by atoms with Crippen molar-refractivity contribution in [3.05, 3.63) is 35.9 Å². The predicted octanol–water partition coefficient (Wildman–Crippen LogP) is 3.07. The second kappa shape index (κ2) is 7.56. The normalized spacial score (nSPS) is 27.0. The van der Waals surface area contributed by atoms with Crippen LogP contribution in [0.5, 0.6) is 0 Å². The summed E-state index contributed by atoms with van der Waals surface area (Å²) >= 11 is 0. The number of likely N-dealkylation sites (tertiary alicyclic amines) is 2. The van der Waals surface area contributed by atoms with Crippen LogP contribution in [0.25, 0.3) is 0 Å². The Bertz CT molecular complexity index is 647. The van der Waals surface area contributed by atoms with Crippen LogP contribution in [-0.4, -0.2) is 60.5 Å². The van der Waals surface area contributed by atoms with Gasteiger partial charge < -0.3 is 10.2 Å². The lowest BCUT2D eigenvalue weighted by Crippen LogP contribution is -2.48. The Hall–Kier alpha value is -1.39. The van der Waals surface area contributed by atoms with Gasteiger partial charge in [-0.25, -0.2) is 0 Å². The first-order valence-electron chi connectivity index (χ1n) is 10.8. The van der Waals surface area contributed by atoms with Gasteiger partial charge in [-0.15, -0.1) is 0 Å². The van der Waals surface area contributed by atoms with Crippen molar-refractivity contribution in [2.75, 3.05) is 33.2 Å². The van der Waals surface area contributed by atoms with Gasteiger partial charge in [0.15, 0.2) is 0 Å². The fourth-order valence-electron chi connectivity index (χ4n) is 5.21. The summed E-state index contributed by atoms with van der Waals surface area (Å²) in [6.07, 6.45) is 7.85. The summed E-state index contributed by atoms with van der Waals surface area (Å²) in [5, 5.41) is 3.49. The number of nitrogens with zero attached hydrogens (tertiary/aromatic N) is 2. The maximum Gasteiger partial charge on any atom is 0.237 e. The van der Waals surface area contributed by atoms with Crippen molar-refractivity contribution in [2.45, 2.75) is 63.5 Å². The van der Waals surface area contributed by atoms with Crippen molar-refractivity contribution in [1.29, 1.82) is 0 Å². The third kappa shape index (κ3) is 4.22. The van der Waals surface area contributed by atoms with E-state index in [1.54, 1.807) is 0 Å². The smallest absolute Gasteiger partial charge is 0.237 e. The summed E-state index contributed by atoms with van der Waals surface area (Å²) in [6.45, 7) is 6.73. The van der Waals surface area contributed by atoms with E-state index in [2.05, 4.69) is 59.4 Å². The van der Waals surface area contributed by atoms with Gasteiger partial charge in [-0.3, -0.25) is 9.69 Å². The summed E-state index contributed by atoms with van der Waals surface area (Å²) < 4.78 is 0. The van der Waals surface area contributed by atoms with Gasteiger partial charge in [0.2, 0.25) is 5.91 Å². The molecule has 4 heteroatoms. The Kier molecular flexibility index (Phi) is 5.30. The first-order chi connectivity index (χ1) is 13.0. The highest BCUT2D eigenvalue weighted by atomic mass is 16.2. The predicted molar refractivity (Wildman–Crippen MR) is 110 cm³/mol. The fourth-order valence-corrected chi connectivity index (χ4v) is 5.21. The minimum Gasteiger partial charge on any atom is -0.349 e. The quantitative estimate of drug-likeness (QED) is 0.837. The molecule has 1 spiro atoms. The zero-order valence-corrected chi connectivity index (χ0v) is 17.0. The van der Waals surface area contributed by atoms with Gasteiger partial charge in [0.05, 0.1) is 6.04 Å². The number of nitrogens with one attached hydrogen (secondary N) is 1. The molecule has 4 rings (SSSR count). The summed E-state index contributed by atoms with van der Waals surface area (Å²) in [5.41, 5.74) is 1.71. The number of carbonyl (C=O) groups excluding carboxylic acids is 1. The van der Waals surface area contributed by atoms with Crippen LogP contribution < -0.4 is 5.32 Å². The van der Waals surface area contributed by atoms with Crippen LogP contribution in [0.3, 0.4) is 0 Å². The third-order valence-electron chi connectivity index (χ3n) is 7.09. The number of rotatable bonds is 6. The van der Waals surface area contributed by atoms with Crippen LogP contribution >= 0.6 is 0 Å². The Morgan fingerprint density at radius 1 is 1.15 bits per heavy atom. The molecule has 1 aromatic carbocycles. The van der Waals surface area contributed by atoms with Crippen molar-refractivity contribution in [3.8, 4) is 0 Å². The highest BCUT2D eigenvalue weighted by Crippen LogP contribution is 2.44. The molecule has 1 atom stereocenters. The van der Waals surface area contributed by atoms with Crippen molar-refractivity contribution in [3.63, 3.8) is 0 Å². The molecule has 1 saturated carbocycles. The largest absolute Gasteiger partial charge is 0.349 e. The van der Waals surface area contributed by atoms with Gasteiger partial charge >= 0.3 is 0 Å². The maximum absolute atomic E-state index is 13.3. The molecule has 0 radical (unpaired) electrons. The molecule has 1 aromatic rings. The molecule has 1 N–H and O–H groups in total. The molecule has 4 nitrogen and oxygen atoms in total. The van der Waals surface area contributed by atoms with Crippen LogP contribution in [0.15, 0.2) is 30.3 Å². The second-order valence-corrected chi connectivity index (χ2v) is 9.43. The molecule has 0 bridgehead atoms.